The molecule has 1 aromatic carbocycles. The minimum Gasteiger partial charge on any atom is -0.479 e. The van der Waals surface area contributed by atoms with Gasteiger partial charge in [-0.3, -0.25) is 0 Å². The first kappa shape index (κ1) is 16.7. The molecule has 1 aromatic rings. The van der Waals surface area contributed by atoms with Gasteiger partial charge in [0.05, 0.1) is 5.69 Å². The molecule has 21 heavy (non-hydrogen) atoms. The van der Waals surface area contributed by atoms with Crippen molar-refractivity contribution in [2.45, 2.75) is 18.6 Å². The van der Waals surface area contributed by atoms with Crippen LogP contribution in [0.4, 0.5) is 32.4 Å². The van der Waals surface area contributed by atoms with Crippen molar-refractivity contribution in [3.63, 3.8) is 0 Å². The molecule has 1 unspecified atom stereocenters. The Hall–Kier alpha value is -2.39. The number of nitrogens with one attached hydrogen (secondary N) is 2. The van der Waals surface area contributed by atoms with Crippen molar-refractivity contribution in [2.24, 2.45) is 0 Å². The van der Waals surface area contributed by atoms with Gasteiger partial charge in [0.25, 0.3) is 0 Å². The SMILES string of the molecule is CC(NC(=O)Nc1ccc(F)cc1F)(C(=O)O)C(F)(F)F. The molecular formula is C11H9F5N2O3. The largest absolute Gasteiger partial charge is 0.479 e. The van der Waals surface area contributed by atoms with Crippen LogP contribution >= 0.6 is 0 Å². The highest BCUT2D eigenvalue weighted by molar-refractivity contribution is 5.94. The van der Waals surface area contributed by atoms with Crippen molar-refractivity contribution < 1.29 is 36.6 Å². The number of carboxylic acids is 1. The van der Waals surface area contributed by atoms with Gasteiger partial charge in [0.1, 0.15) is 11.6 Å². The summed E-state index contributed by atoms with van der Waals surface area (Å²) in [5.74, 6) is -4.52. The van der Waals surface area contributed by atoms with Gasteiger partial charge in [-0.15, -0.1) is 0 Å². The van der Waals surface area contributed by atoms with Gasteiger partial charge in [-0.2, -0.15) is 13.2 Å². The van der Waals surface area contributed by atoms with E-state index in [-0.39, 0.29) is 6.92 Å². The molecule has 0 bridgehead atoms. The molecule has 0 radical (unpaired) electrons. The highest BCUT2D eigenvalue weighted by Crippen LogP contribution is 2.30. The van der Waals surface area contributed by atoms with E-state index >= 15 is 0 Å². The molecule has 0 spiro atoms. The smallest absolute Gasteiger partial charge is 0.422 e. The van der Waals surface area contributed by atoms with E-state index in [4.69, 9.17) is 5.11 Å². The third-order valence-electron chi connectivity index (χ3n) is 2.54. The van der Waals surface area contributed by atoms with Crippen molar-refractivity contribution in [3.05, 3.63) is 29.8 Å². The molecule has 0 fully saturated rings. The first-order valence-electron chi connectivity index (χ1n) is 5.31. The van der Waals surface area contributed by atoms with Gasteiger partial charge in [-0.05, 0) is 19.1 Å². The number of benzene rings is 1. The summed E-state index contributed by atoms with van der Waals surface area (Å²) in [5.41, 5.74) is -4.17. The Balaban J connectivity index is 2.92. The van der Waals surface area contributed by atoms with Gasteiger partial charge in [0.2, 0.25) is 5.54 Å². The Morgan fingerprint density at radius 2 is 1.76 bits per heavy atom. The summed E-state index contributed by atoms with van der Waals surface area (Å²) in [6.07, 6.45) is -5.28. The van der Waals surface area contributed by atoms with Crippen molar-refractivity contribution in [2.75, 3.05) is 5.32 Å². The number of carbonyl (C=O) groups excluding carboxylic acids is 1. The van der Waals surface area contributed by atoms with Crippen LogP contribution in [0.1, 0.15) is 6.92 Å². The number of alkyl halides is 3. The number of urea groups is 1. The molecule has 0 aliphatic carbocycles. The second-order valence-electron chi connectivity index (χ2n) is 4.13. The number of anilines is 1. The van der Waals surface area contributed by atoms with Crippen LogP contribution in [0, 0.1) is 11.6 Å². The van der Waals surface area contributed by atoms with Crippen LogP contribution in [0.3, 0.4) is 0 Å². The summed E-state index contributed by atoms with van der Waals surface area (Å²) >= 11 is 0. The first-order valence-corrected chi connectivity index (χ1v) is 5.31. The van der Waals surface area contributed by atoms with Crippen LogP contribution in [0.25, 0.3) is 0 Å². The van der Waals surface area contributed by atoms with Crippen molar-refractivity contribution in [1.82, 2.24) is 5.32 Å². The number of aliphatic carboxylic acids is 1. The molecule has 0 saturated heterocycles. The zero-order valence-corrected chi connectivity index (χ0v) is 10.4. The zero-order valence-electron chi connectivity index (χ0n) is 10.4. The average molecular weight is 312 g/mol. The first-order chi connectivity index (χ1) is 9.47. The van der Waals surface area contributed by atoms with Gasteiger partial charge >= 0.3 is 18.2 Å². The second-order valence-corrected chi connectivity index (χ2v) is 4.13. The summed E-state index contributed by atoms with van der Waals surface area (Å²) in [5, 5.41) is 11.4. The van der Waals surface area contributed by atoms with Crippen molar-refractivity contribution >= 4 is 17.7 Å². The fourth-order valence-corrected chi connectivity index (χ4v) is 1.22. The summed E-state index contributed by atoms with van der Waals surface area (Å²) in [6, 6.07) is 0.326. The van der Waals surface area contributed by atoms with E-state index in [1.165, 1.54) is 5.32 Å². The monoisotopic (exact) mass is 312 g/mol. The predicted molar refractivity (Wildman–Crippen MR) is 60.6 cm³/mol. The fourth-order valence-electron chi connectivity index (χ4n) is 1.22. The Kier molecular flexibility index (Phi) is 4.40. The lowest BCUT2D eigenvalue weighted by molar-refractivity contribution is -0.203. The van der Waals surface area contributed by atoms with E-state index in [9.17, 15) is 31.5 Å². The van der Waals surface area contributed by atoms with E-state index in [0.29, 0.717) is 6.07 Å². The second kappa shape index (κ2) is 5.54. The van der Waals surface area contributed by atoms with Crippen LogP contribution in [0.2, 0.25) is 0 Å². The number of carbonyl (C=O) groups is 2. The van der Waals surface area contributed by atoms with E-state index in [2.05, 4.69) is 0 Å². The Bertz CT molecular complexity index is 575. The molecule has 5 nitrogen and oxygen atoms in total. The molecule has 1 rings (SSSR count). The molecule has 0 aliphatic rings. The number of carboxylic acid groups (broad SMARTS) is 1. The molecule has 0 saturated carbocycles. The molecule has 116 valence electrons. The third-order valence-corrected chi connectivity index (χ3v) is 2.54. The minimum absolute atomic E-state index is 0.232. The number of hydrogen-bond acceptors (Lipinski definition) is 2. The van der Waals surface area contributed by atoms with E-state index in [1.54, 1.807) is 5.32 Å². The fraction of sp³-hybridized carbons (Fsp3) is 0.273. The van der Waals surface area contributed by atoms with Crippen LogP contribution < -0.4 is 10.6 Å². The summed E-state index contributed by atoms with van der Waals surface area (Å²) in [4.78, 5) is 22.1. The number of amides is 2. The third kappa shape index (κ3) is 3.58. The van der Waals surface area contributed by atoms with Gasteiger partial charge in [-0.1, -0.05) is 0 Å². The predicted octanol–water partition coefficient (Wildman–Crippen LogP) is 2.49. The summed E-state index contributed by atoms with van der Waals surface area (Å²) in [6.45, 7) is 0.232. The van der Waals surface area contributed by atoms with Gasteiger partial charge in [0.15, 0.2) is 0 Å². The van der Waals surface area contributed by atoms with Crippen molar-refractivity contribution in [3.8, 4) is 0 Å². The maximum atomic E-state index is 13.2. The number of hydrogen-bond donors (Lipinski definition) is 3. The highest BCUT2D eigenvalue weighted by Gasteiger charge is 2.58. The highest BCUT2D eigenvalue weighted by atomic mass is 19.4. The molecule has 3 N–H and O–H groups in total. The molecule has 2 amide bonds. The Labute approximate surface area is 114 Å². The molecular weight excluding hydrogens is 303 g/mol. The Morgan fingerprint density at radius 3 is 2.19 bits per heavy atom. The standard InChI is InChI=1S/C11H9F5N2O3/c1-10(8(19)20,11(14,15)16)18-9(21)17-7-3-2-5(12)4-6(7)13/h2-4H,1H3,(H,19,20)(H2,17,18,21). The van der Waals surface area contributed by atoms with Crippen LogP contribution in [-0.2, 0) is 4.79 Å². The van der Waals surface area contributed by atoms with Gasteiger partial charge in [0, 0.05) is 6.07 Å². The molecule has 0 aliphatic heterocycles. The lowest BCUT2D eigenvalue weighted by Gasteiger charge is -2.28. The summed E-state index contributed by atoms with van der Waals surface area (Å²) in [7, 11) is 0. The topological polar surface area (TPSA) is 78.4 Å². The molecule has 1 atom stereocenters. The molecule has 10 heteroatoms. The number of rotatable bonds is 3. The Morgan fingerprint density at radius 1 is 1.19 bits per heavy atom. The number of halogens is 5. The van der Waals surface area contributed by atoms with E-state index in [1.807, 2.05) is 0 Å². The van der Waals surface area contributed by atoms with E-state index in [0.717, 1.165) is 12.1 Å². The molecule has 0 heterocycles. The van der Waals surface area contributed by atoms with Gasteiger partial charge in [-0.25, -0.2) is 18.4 Å². The maximum absolute atomic E-state index is 13.2. The maximum Gasteiger partial charge on any atom is 0.422 e. The van der Waals surface area contributed by atoms with Crippen LogP contribution in [0.15, 0.2) is 18.2 Å². The minimum atomic E-state index is -5.28. The van der Waals surface area contributed by atoms with Crippen molar-refractivity contribution in [1.29, 1.82) is 0 Å². The van der Waals surface area contributed by atoms with Crippen LogP contribution in [-0.4, -0.2) is 28.8 Å². The lowest BCUT2D eigenvalue weighted by atomic mass is 10.0. The molecule has 0 aromatic heterocycles. The van der Waals surface area contributed by atoms with E-state index < -0.39 is 41.0 Å². The summed E-state index contributed by atoms with van der Waals surface area (Å²) < 4.78 is 63.8. The van der Waals surface area contributed by atoms with Crippen LogP contribution in [0.5, 0.6) is 0 Å². The zero-order chi connectivity index (χ0) is 16.4. The van der Waals surface area contributed by atoms with Gasteiger partial charge < -0.3 is 15.7 Å². The normalized spacial score (nSPS) is 14.2. The lowest BCUT2D eigenvalue weighted by Crippen LogP contribution is -2.62. The quantitative estimate of drug-likeness (QED) is 0.750. The average Bonchev–Trinajstić information content (AvgIpc) is 2.31.